The molecule has 8 nitrogen and oxygen atoms in total. The number of amides is 1. The summed E-state index contributed by atoms with van der Waals surface area (Å²) in [6.07, 6.45) is 1.77. The molecular weight excluding hydrogens is 356 g/mol. The Morgan fingerprint density at radius 3 is 2.86 bits per heavy atom. The van der Waals surface area contributed by atoms with Gasteiger partial charge in [0.1, 0.15) is 0 Å². The average Bonchev–Trinajstić information content (AvgIpc) is 3.29. The van der Waals surface area contributed by atoms with E-state index in [-0.39, 0.29) is 12.5 Å². The fourth-order valence-corrected chi connectivity index (χ4v) is 3.65. The van der Waals surface area contributed by atoms with Crippen LogP contribution in [0, 0.1) is 5.92 Å². The monoisotopic (exact) mass is 384 g/mol. The maximum absolute atomic E-state index is 11.3. The molecule has 1 aromatic carbocycles. The van der Waals surface area contributed by atoms with E-state index in [0.29, 0.717) is 12.5 Å². The first-order valence-electron chi connectivity index (χ1n) is 9.58. The Kier molecular flexibility index (Phi) is 6.43. The Morgan fingerprint density at radius 1 is 1.36 bits per heavy atom. The second-order valence-corrected chi connectivity index (χ2v) is 7.29. The predicted octanol–water partition coefficient (Wildman–Crippen LogP) is 3.02. The molecule has 28 heavy (non-hydrogen) atoms. The molecule has 0 fully saturated rings. The number of benzene rings is 1. The number of carbonyl (C=O) groups is 1. The molecule has 150 valence electrons. The molecule has 0 bridgehead atoms. The zero-order valence-corrected chi connectivity index (χ0v) is 16.6. The fraction of sp³-hybridized carbons (Fsp3) is 0.450. The van der Waals surface area contributed by atoms with Gasteiger partial charge in [0, 0.05) is 30.7 Å². The lowest BCUT2D eigenvalue weighted by Crippen LogP contribution is -2.29. The smallest absolute Gasteiger partial charge is 0.247 e. The van der Waals surface area contributed by atoms with Crippen LogP contribution in [0.4, 0.5) is 0 Å². The molecule has 8 heteroatoms. The Bertz CT molecular complexity index is 886. The summed E-state index contributed by atoms with van der Waals surface area (Å²) in [5, 5.41) is 23.7. The number of likely N-dealkylation sites (N-methyl/N-ethyl adjacent to an activating group) is 1. The Hall–Kier alpha value is -2.71. The van der Waals surface area contributed by atoms with Crippen LogP contribution in [0.3, 0.4) is 0 Å². The molecule has 1 unspecified atom stereocenters. The van der Waals surface area contributed by atoms with Crippen LogP contribution in [0.2, 0.25) is 0 Å². The minimum absolute atomic E-state index is 0.0607. The van der Waals surface area contributed by atoms with Crippen molar-refractivity contribution >= 4 is 16.8 Å². The van der Waals surface area contributed by atoms with Crippen molar-refractivity contribution in [2.75, 3.05) is 20.1 Å². The summed E-state index contributed by atoms with van der Waals surface area (Å²) in [6.45, 7) is 6.64. The van der Waals surface area contributed by atoms with Gasteiger partial charge in [-0.25, -0.2) is 5.48 Å². The zero-order valence-electron chi connectivity index (χ0n) is 16.6. The topological polar surface area (TPSA) is 94.2 Å². The third-order valence-electron chi connectivity index (χ3n) is 4.94. The third-order valence-corrected chi connectivity index (χ3v) is 4.94. The second-order valence-electron chi connectivity index (χ2n) is 7.29. The average molecular weight is 384 g/mol. The number of hydroxylamine groups is 1. The molecule has 0 aliphatic carbocycles. The molecule has 0 saturated carbocycles. The van der Waals surface area contributed by atoms with Crippen molar-refractivity contribution in [3.8, 4) is 0 Å². The zero-order chi connectivity index (χ0) is 20.1. The van der Waals surface area contributed by atoms with Gasteiger partial charge in [-0.2, -0.15) is 0 Å². The van der Waals surface area contributed by atoms with E-state index in [2.05, 4.69) is 64.4 Å². The van der Waals surface area contributed by atoms with E-state index in [1.807, 2.05) is 12.1 Å². The number of carbonyl (C=O) groups excluding carboxylic acids is 1. The fourth-order valence-electron chi connectivity index (χ4n) is 3.65. The number of rotatable bonds is 8. The van der Waals surface area contributed by atoms with Crippen LogP contribution >= 0.6 is 0 Å². The predicted molar refractivity (Wildman–Crippen MR) is 108 cm³/mol. The molecule has 1 atom stereocenters. The number of fused-ring (bicyclic) bond motifs is 1. The molecule has 2 heterocycles. The summed E-state index contributed by atoms with van der Waals surface area (Å²) in [5.74, 6) is -0.148. The van der Waals surface area contributed by atoms with Gasteiger partial charge >= 0.3 is 0 Å². The highest BCUT2D eigenvalue weighted by atomic mass is 16.5. The van der Waals surface area contributed by atoms with Crippen molar-refractivity contribution in [2.24, 2.45) is 16.3 Å². The largest absolute Gasteiger partial charge is 0.341 e. The summed E-state index contributed by atoms with van der Waals surface area (Å²) in [5.41, 5.74) is 4.78. The van der Waals surface area contributed by atoms with E-state index in [0.717, 1.165) is 18.8 Å². The number of nitrogens with one attached hydrogen (secondary N) is 2. The molecule has 3 N–H and O–H groups in total. The van der Waals surface area contributed by atoms with Gasteiger partial charge in [-0.05, 0) is 36.6 Å². The molecule has 1 aliphatic rings. The highest BCUT2D eigenvalue weighted by Gasteiger charge is 2.30. The van der Waals surface area contributed by atoms with Crippen LogP contribution in [0.25, 0.3) is 10.9 Å². The quantitative estimate of drug-likeness (QED) is 0.482. The van der Waals surface area contributed by atoms with Gasteiger partial charge < -0.3 is 9.88 Å². The first-order valence-corrected chi connectivity index (χ1v) is 9.58. The minimum Gasteiger partial charge on any atom is -0.341 e. The molecule has 0 radical (unpaired) electrons. The third kappa shape index (κ3) is 4.23. The van der Waals surface area contributed by atoms with Crippen molar-refractivity contribution < 1.29 is 10.0 Å². The normalized spacial score (nSPS) is 16.5. The van der Waals surface area contributed by atoms with Crippen LogP contribution in [0.5, 0.6) is 0 Å². The van der Waals surface area contributed by atoms with Gasteiger partial charge in [-0.3, -0.25) is 15.0 Å². The van der Waals surface area contributed by atoms with Crippen LogP contribution < -0.4 is 10.8 Å². The van der Waals surface area contributed by atoms with Crippen LogP contribution in [0.15, 0.2) is 52.4 Å². The van der Waals surface area contributed by atoms with Crippen molar-refractivity contribution in [1.29, 1.82) is 0 Å². The highest BCUT2D eigenvalue weighted by Crippen LogP contribution is 2.35. The lowest BCUT2D eigenvalue weighted by molar-refractivity contribution is -0.128. The van der Waals surface area contributed by atoms with Gasteiger partial charge in [-0.15, -0.1) is 5.11 Å². The minimum atomic E-state index is -0.464. The first kappa shape index (κ1) is 20.0. The molecule has 0 saturated heterocycles. The summed E-state index contributed by atoms with van der Waals surface area (Å²) < 4.78 is 2.35. The van der Waals surface area contributed by atoms with Gasteiger partial charge in [0.2, 0.25) is 5.91 Å². The van der Waals surface area contributed by atoms with Crippen molar-refractivity contribution in [3.05, 3.63) is 47.8 Å². The summed E-state index contributed by atoms with van der Waals surface area (Å²) in [7, 11) is 1.96. The Balaban J connectivity index is 1.91. The molecule has 1 aliphatic heterocycles. The first-order chi connectivity index (χ1) is 13.5. The molecular formula is C20H28N6O2. The van der Waals surface area contributed by atoms with Gasteiger partial charge in [0.25, 0.3) is 0 Å². The van der Waals surface area contributed by atoms with Gasteiger partial charge in [0.05, 0.1) is 18.3 Å². The molecule has 1 amide bonds. The van der Waals surface area contributed by atoms with Crippen molar-refractivity contribution in [2.45, 2.75) is 32.9 Å². The molecule has 1 aromatic heterocycles. The Labute approximate surface area is 164 Å². The van der Waals surface area contributed by atoms with Crippen molar-refractivity contribution in [3.63, 3.8) is 0 Å². The van der Waals surface area contributed by atoms with E-state index >= 15 is 0 Å². The van der Waals surface area contributed by atoms with Crippen LogP contribution in [-0.4, -0.2) is 40.8 Å². The standard InChI is InChI=1S/C20H28N6O2/c1-14(2)20(26-13-16(22-24-26)8-9-19(27)23-28)18-12-15-6-4-5-7-17(15)25(18)11-10-21-3/h4-8,12,14,20-21,28H,9-11,13H2,1-3H3,(H,23,27)/b16-8-. The van der Waals surface area contributed by atoms with E-state index in [1.54, 1.807) is 11.6 Å². The number of aromatic nitrogens is 1. The lowest BCUT2D eigenvalue weighted by atomic mass is 9.99. The van der Waals surface area contributed by atoms with E-state index in [4.69, 9.17) is 5.21 Å². The number of hydrogen-bond acceptors (Lipinski definition) is 6. The molecule has 3 rings (SSSR count). The van der Waals surface area contributed by atoms with E-state index in [1.165, 1.54) is 16.6 Å². The Morgan fingerprint density at radius 2 is 2.14 bits per heavy atom. The molecule has 2 aromatic rings. The maximum Gasteiger partial charge on any atom is 0.247 e. The second kappa shape index (κ2) is 8.99. The van der Waals surface area contributed by atoms with Crippen molar-refractivity contribution in [1.82, 2.24) is 20.4 Å². The van der Waals surface area contributed by atoms with E-state index in [9.17, 15) is 4.79 Å². The lowest BCUT2D eigenvalue weighted by Gasteiger charge is -2.29. The van der Waals surface area contributed by atoms with Gasteiger partial charge in [-0.1, -0.05) is 37.3 Å². The summed E-state index contributed by atoms with van der Waals surface area (Å²) in [4.78, 5) is 11.3. The summed E-state index contributed by atoms with van der Waals surface area (Å²) >= 11 is 0. The summed E-state index contributed by atoms with van der Waals surface area (Å²) in [6, 6.07) is 10.7. The molecule has 0 spiro atoms. The maximum atomic E-state index is 11.3. The van der Waals surface area contributed by atoms with Crippen LogP contribution in [0.1, 0.15) is 32.0 Å². The van der Waals surface area contributed by atoms with E-state index < -0.39 is 5.91 Å². The van der Waals surface area contributed by atoms with Gasteiger partial charge in [0.15, 0.2) is 0 Å². The highest BCUT2D eigenvalue weighted by molar-refractivity contribution is 5.81. The van der Waals surface area contributed by atoms with Crippen LogP contribution in [-0.2, 0) is 11.3 Å². The number of para-hydroxylation sites is 1. The number of nitrogens with zero attached hydrogens (tertiary/aromatic N) is 4. The number of hydrogen-bond donors (Lipinski definition) is 3. The SMILES string of the molecule is CNCCn1c(C(C(C)C)N2C/C(=C/CC(=O)NO)N=N2)cc2ccccc21.